The van der Waals surface area contributed by atoms with Crippen LogP contribution in [-0.4, -0.2) is 22.1 Å². The molecule has 3 N–H and O–H groups in total. The van der Waals surface area contributed by atoms with Crippen LogP contribution in [0.2, 0.25) is 0 Å². The lowest BCUT2D eigenvalue weighted by atomic mass is 10.2. The summed E-state index contributed by atoms with van der Waals surface area (Å²) < 4.78 is 2.03. The van der Waals surface area contributed by atoms with Crippen LogP contribution in [0.4, 0.5) is 0 Å². The van der Waals surface area contributed by atoms with E-state index in [0.717, 1.165) is 25.0 Å². The number of imidazole rings is 1. The molecule has 0 bridgehead atoms. The SMILES string of the molecule is CC(N)CCNCc1ccc2c(c1)ncn2C. The van der Waals surface area contributed by atoms with Gasteiger partial charge in [-0.2, -0.15) is 0 Å². The van der Waals surface area contributed by atoms with E-state index in [-0.39, 0.29) is 6.04 Å². The highest BCUT2D eigenvalue weighted by atomic mass is 15.0. The van der Waals surface area contributed by atoms with Crippen molar-refractivity contribution in [2.24, 2.45) is 12.8 Å². The molecular formula is C13H20N4. The predicted octanol–water partition coefficient (Wildman–Crippen LogP) is 1.40. The van der Waals surface area contributed by atoms with Crippen LogP contribution in [0.5, 0.6) is 0 Å². The van der Waals surface area contributed by atoms with Gasteiger partial charge in [-0.3, -0.25) is 0 Å². The van der Waals surface area contributed by atoms with Crippen molar-refractivity contribution in [2.75, 3.05) is 6.54 Å². The summed E-state index contributed by atoms with van der Waals surface area (Å²) in [5.74, 6) is 0. The lowest BCUT2D eigenvalue weighted by Crippen LogP contribution is -2.23. The molecule has 0 aliphatic heterocycles. The highest BCUT2D eigenvalue weighted by Gasteiger charge is 2.01. The molecular weight excluding hydrogens is 212 g/mol. The molecule has 17 heavy (non-hydrogen) atoms. The summed E-state index contributed by atoms with van der Waals surface area (Å²) in [6.45, 7) is 3.86. The molecule has 1 heterocycles. The zero-order valence-corrected chi connectivity index (χ0v) is 10.5. The Labute approximate surface area is 102 Å². The molecule has 0 aliphatic rings. The summed E-state index contributed by atoms with van der Waals surface area (Å²) in [6.07, 6.45) is 2.85. The van der Waals surface area contributed by atoms with Crippen LogP contribution < -0.4 is 11.1 Å². The van der Waals surface area contributed by atoms with Crippen molar-refractivity contribution >= 4 is 11.0 Å². The third-order valence-corrected chi connectivity index (χ3v) is 2.90. The molecule has 1 atom stereocenters. The quantitative estimate of drug-likeness (QED) is 0.766. The standard InChI is InChI=1S/C13H20N4/c1-10(14)5-6-15-8-11-3-4-13-12(7-11)16-9-17(13)2/h3-4,7,9-10,15H,5-6,8,14H2,1-2H3. The largest absolute Gasteiger partial charge is 0.334 e. The summed E-state index contributed by atoms with van der Waals surface area (Å²) in [4.78, 5) is 4.35. The van der Waals surface area contributed by atoms with Gasteiger partial charge < -0.3 is 15.6 Å². The average Bonchev–Trinajstić information content (AvgIpc) is 2.66. The van der Waals surface area contributed by atoms with Crippen molar-refractivity contribution in [2.45, 2.75) is 25.9 Å². The van der Waals surface area contributed by atoms with E-state index in [1.54, 1.807) is 0 Å². The first-order chi connectivity index (χ1) is 8.16. The maximum absolute atomic E-state index is 5.70. The Morgan fingerprint density at radius 1 is 1.47 bits per heavy atom. The van der Waals surface area contributed by atoms with Crippen LogP contribution in [0, 0.1) is 0 Å². The second kappa shape index (κ2) is 5.29. The number of hydrogen-bond acceptors (Lipinski definition) is 3. The number of fused-ring (bicyclic) bond motifs is 1. The number of nitrogens with one attached hydrogen (secondary N) is 1. The summed E-state index contributed by atoms with van der Waals surface area (Å²) in [6, 6.07) is 6.66. The van der Waals surface area contributed by atoms with E-state index in [2.05, 4.69) is 28.5 Å². The van der Waals surface area contributed by atoms with Crippen molar-refractivity contribution in [3.63, 3.8) is 0 Å². The molecule has 4 nitrogen and oxygen atoms in total. The minimum atomic E-state index is 0.265. The lowest BCUT2D eigenvalue weighted by Gasteiger charge is -2.07. The van der Waals surface area contributed by atoms with Crippen molar-refractivity contribution < 1.29 is 0 Å². The van der Waals surface area contributed by atoms with E-state index < -0.39 is 0 Å². The van der Waals surface area contributed by atoms with Gasteiger partial charge in [0.25, 0.3) is 0 Å². The Balaban J connectivity index is 1.95. The normalized spacial score (nSPS) is 13.1. The maximum Gasteiger partial charge on any atom is 0.0955 e. The van der Waals surface area contributed by atoms with E-state index in [4.69, 9.17) is 5.73 Å². The average molecular weight is 232 g/mol. The molecule has 2 aromatic rings. The number of hydrogen-bond donors (Lipinski definition) is 2. The first kappa shape index (κ1) is 12.1. The third-order valence-electron chi connectivity index (χ3n) is 2.90. The van der Waals surface area contributed by atoms with Gasteiger partial charge in [0, 0.05) is 19.6 Å². The Hall–Kier alpha value is -1.39. The molecule has 0 aliphatic carbocycles. The topological polar surface area (TPSA) is 55.9 Å². The van der Waals surface area contributed by atoms with Gasteiger partial charge >= 0.3 is 0 Å². The Kier molecular flexibility index (Phi) is 3.76. The predicted molar refractivity (Wildman–Crippen MR) is 70.7 cm³/mol. The molecule has 92 valence electrons. The minimum absolute atomic E-state index is 0.265. The number of nitrogens with zero attached hydrogens (tertiary/aromatic N) is 2. The molecule has 0 spiro atoms. The zero-order valence-electron chi connectivity index (χ0n) is 10.5. The Morgan fingerprint density at radius 2 is 2.29 bits per heavy atom. The molecule has 4 heteroatoms. The van der Waals surface area contributed by atoms with Crippen molar-refractivity contribution in [3.8, 4) is 0 Å². The van der Waals surface area contributed by atoms with E-state index in [0.29, 0.717) is 0 Å². The summed E-state index contributed by atoms with van der Waals surface area (Å²) in [7, 11) is 2.01. The summed E-state index contributed by atoms with van der Waals surface area (Å²) in [5, 5.41) is 3.39. The van der Waals surface area contributed by atoms with Crippen molar-refractivity contribution in [1.82, 2.24) is 14.9 Å². The second-order valence-corrected chi connectivity index (χ2v) is 4.62. The first-order valence-electron chi connectivity index (χ1n) is 6.03. The molecule has 0 fully saturated rings. The number of nitrogens with two attached hydrogens (primary N) is 1. The Bertz CT molecular complexity index is 487. The third kappa shape index (κ3) is 3.05. The van der Waals surface area contributed by atoms with E-state index >= 15 is 0 Å². The van der Waals surface area contributed by atoms with Gasteiger partial charge in [0.2, 0.25) is 0 Å². The van der Waals surface area contributed by atoms with Crippen LogP contribution >= 0.6 is 0 Å². The number of rotatable bonds is 5. The Morgan fingerprint density at radius 3 is 3.06 bits per heavy atom. The summed E-state index contributed by atoms with van der Waals surface area (Å²) in [5.41, 5.74) is 9.19. The highest BCUT2D eigenvalue weighted by Crippen LogP contribution is 2.13. The van der Waals surface area contributed by atoms with E-state index in [9.17, 15) is 0 Å². The first-order valence-corrected chi connectivity index (χ1v) is 6.03. The smallest absolute Gasteiger partial charge is 0.0955 e. The molecule has 0 saturated carbocycles. The van der Waals surface area contributed by atoms with Crippen LogP contribution in [0.1, 0.15) is 18.9 Å². The fourth-order valence-electron chi connectivity index (χ4n) is 1.85. The number of benzene rings is 1. The van der Waals surface area contributed by atoms with Crippen molar-refractivity contribution in [3.05, 3.63) is 30.1 Å². The monoisotopic (exact) mass is 232 g/mol. The van der Waals surface area contributed by atoms with E-state index in [1.165, 1.54) is 11.1 Å². The molecule has 1 aromatic carbocycles. The van der Waals surface area contributed by atoms with Gasteiger partial charge in [-0.15, -0.1) is 0 Å². The zero-order chi connectivity index (χ0) is 12.3. The minimum Gasteiger partial charge on any atom is -0.334 e. The number of aryl methyl sites for hydroxylation is 1. The second-order valence-electron chi connectivity index (χ2n) is 4.62. The van der Waals surface area contributed by atoms with Gasteiger partial charge in [0.1, 0.15) is 0 Å². The van der Waals surface area contributed by atoms with Crippen LogP contribution in [0.15, 0.2) is 24.5 Å². The van der Waals surface area contributed by atoms with Gasteiger partial charge in [-0.25, -0.2) is 4.98 Å². The highest BCUT2D eigenvalue weighted by molar-refractivity contribution is 5.75. The maximum atomic E-state index is 5.70. The van der Waals surface area contributed by atoms with Crippen molar-refractivity contribution in [1.29, 1.82) is 0 Å². The molecule has 0 saturated heterocycles. The lowest BCUT2D eigenvalue weighted by molar-refractivity contribution is 0.589. The fourth-order valence-corrected chi connectivity index (χ4v) is 1.85. The molecule has 2 rings (SSSR count). The van der Waals surface area contributed by atoms with Gasteiger partial charge in [0.15, 0.2) is 0 Å². The van der Waals surface area contributed by atoms with Crippen LogP contribution in [0.25, 0.3) is 11.0 Å². The molecule has 1 aromatic heterocycles. The van der Waals surface area contributed by atoms with Crippen LogP contribution in [0.3, 0.4) is 0 Å². The van der Waals surface area contributed by atoms with E-state index in [1.807, 2.05) is 24.9 Å². The molecule has 0 amide bonds. The number of aromatic nitrogens is 2. The van der Waals surface area contributed by atoms with Gasteiger partial charge in [0.05, 0.1) is 17.4 Å². The molecule has 1 unspecified atom stereocenters. The van der Waals surface area contributed by atoms with Gasteiger partial charge in [-0.1, -0.05) is 6.07 Å². The molecule has 0 radical (unpaired) electrons. The fraction of sp³-hybridized carbons (Fsp3) is 0.462. The van der Waals surface area contributed by atoms with Crippen LogP contribution in [-0.2, 0) is 13.6 Å². The van der Waals surface area contributed by atoms with Gasteiger partial charge in [-0.05, 0) is 37.6 Å². The summed E-state index contributed by atoms with van der Waals surface area (Å²) >= 11 is 0.